The van der Waals surface area contributed by atoms with Crippen molar-refractivity contribution in [2.75, 3.05) is 0 Å². The Morgan fingerprint density at radius 3 is 0.714 bits per heavy atom. The second-order valence-electron chi connectivity index (χ2n) is 5.45. The van der Waals surface area contributed by atoms with Gasteiger partial charge in [0.15, 0.2) is 0 Å². The maximum atomic E-state index is 2.33. The lowest BCUT2D eigenvalue weighted by atomic mass is 9.68. The van der Waals surface area contributed by atoms with Crippen LogP contribution in [0.25, 0.3) is 0 Å². The number of hydrogen-bond acceptors (Lipinski definition) is 0. The zero-order chi connectivity index (χ0) is 12.6. The Labute approximate surface area is 93.5 Å². The number of rotatable bonds is 0. The summed E-state index contributed by atoms with van der Waals surface area (Å²) in [5, 5.41) is 0. The molecule has 0 atom stereocenters. The molecule has 0 aromatic rings. The molecule has 0 aliphatic carbocycles. The van der Waals surface area contributed by atoms with Crippen molar-refractivity contribution in [3.63, 3.8) is 0 Å². The standard InChI is InChI=1S/C10H22.2C2H6/c1-8(9(2,3)4)10(5,6)7;2*1-2/h8H,1-7H3;2*1-2H3. The van der Waals surface area contributed by atoms with Gasteiger partial charge < -0.3 is 0 Å². The Kier molecular flexibility index (Phi) is 11.6. The lowest BCUT2D eigenvalue weighted by Gasteiger charge is -2.38. The zero-order valence-corrected chi connectivity index (χ0v) is 12.6. The van der Waals surface area contributed by atoms with E-state index in [1.165, 1.54) is 0 Å². The Balaban J connectivity index is -0.000000266. The van der Waals surface area contributed by atoms with E-state index in [4.69, 9.17) is 0 Å². The molecular weight excluding hydrogens is 168 g/mol. The van der Waals surface area contributed by atoms with Crippen molar-refractivity contribution in [2.24, 2.45) is 16.7 Å². The molecule has 0 nitrogen and oxygen atoms in total. The Hall–Kier alpha value is 0. The van der Waals surface area contributed by atoms with Crippen LogP contribution in [-0.4, -0.2) is 0 Å². The highest BCUT2D eigenvalue weighted by Crippen LogP contribution is 2.38. The van der Waals surface area contributed by atoms with Crippen molar-refractivity contribution < 1.29 is 0 Å². The zero-order valence-electron chi connectivity index (χ0n) is 12.6. The molecule has 0 spiro atoms. The molecule has 0 fully saturated rings. The molecule has 0 aromatic heterocycles. The fourth-order valence-electron chi connectivity index (χ4n) is 1.30. The lowest BCUT2D eigenvalue weighted by molar-refractivity contribution is 0.121. The summed E-state index contributed by atoms with van der Waals surface area (Å²) in [5.74, 6) is 0.764. The molecule has 0 saturated heterocycles. The first kappa shape index (κ1) is 19.6. The largest absolute Gasteiger partial charge is 0.0683 e. The second-order valence-corrected chi connectivity index (χ2v) is 5.45. The van der Waals surface area contributed by atoms with E-state index in [1.807, 2.05) is 27.7 Å². The highest BCUT2D eigenvalue weighted by atomic mass is 14.4. The summed E-state index contributed by atoms with van der Waals surface area (Å²) in [6, 6.07) is 0. The highest BCUT2D eigenvalue weighted by molar-refractivity contribution is 4.79. The van der Waals surface area contributed by atoms with E-state index in [1.54, 1.807) is 0 Å². The van der Waals surface area contributed by atoms with E-state index in [0.717, 1.165) is 5.92 Å². The minimum Gasteiger partial charge on any atom is -0.0683 e. The molecule has 0 unspecified atom stereocenters. The van der Waals surface area contributed by atoms with Crippen molar-refractivity contribution in [3.8, 4) is 0 Å². The Morgan fingerprint density at radius 1 is 0.571 bits per heavy atom. The third-order valence-electron chi connectivity index (χ3n) is 2.60. The average Bonchev–Trinajstić information content (AvgIpc) is 2.07. The van der Waals surface area contributed by atoms with Crippen molar-refractivity contribution in [3.05, 3.63) is 0 Å². The van der Waals surface area contributed by atoms with Crippen LogP contribution in [0.1, 0.15) is 76.2 Å². The fourth-order valence-corrected chi connectivity index (χ4v) is 1.30. The van der Waals surface area contributed by atoms with Crippen LogP contribution in [0.3, 0.4) is 0 Å². The first-order valence-corrected chi connectivity index (χ1v) is 6.15. The van der Waals surface area contributed by atoms with Crippen LogP contribution in [0.4, 0.5) is 0 Å². The smallest absolute Gasteiger partial charge is 0.0345 e. The van der Waals surface area contributed by atoms with E-state index in [-0.39, 0.29) is 0 Å². The third kappa shape index (κ3) is 10.1. The molecular formula is C14H34. The molecule has 0 amide bonds. The number of hydrogen-bond donors (Lipinski definition) is 0. The Bertz CT molecular complexity index is 84.2. The van der Waals surface area contributed by atoms with E-state index >= 15 is 0 Å². The molecule has 0 heteroatoms. The summed E-state index contributed by atoms with van der Waals surface area (Å²) in [4.78, 5) is 0. The maximum Gasteiger partial charge on any atom is -0.0345 e. The highest BCUT2D eigenvalue weighted by Gasteiger charge is 2.30. The molecule has 0 heterocycles. The van der Waals surface area contributed by atoms with Crippen LogP contribution >= 0.6 is 0 Å². The van der Waals surface area contributed by atoms with Gasteiger partial charge in [0, 0.05) is 0 Å². The van der Waals surface area contributed by atoms with Gasteiger partial charge in [-0.25, -0.2) is 0 Å². The molecule has 14 heavy (non-hydrogen) atoms. The van der Waals surface area contributed by atoms with Gasteiger partial charge in [0.25, 0.3) is 0 Å². The molecule has 90 valence electrons. The SMILES string of the molecule is CC.CC.CC(C(C)(C)C)C(C)(C)C. The minimum atomic E-state index is 0.443. The third-order valence-corrected chi connectivity index (χ3v) is 2.60. The summed E-state index contributed by atoms with van der Waals surface area (Å²) >= 11 is 0. The predicted molar refractivity (Wildman–Crippen MR) is 70.8 cm³/mol. The van der Waals surface area contributed by atoms with Crippen molar-refractivity contribution in [1.29, 1.82) is 0 Å². The van der Waals surface area contributed by atoms with E-state index in [0.29, 0.717) is 10.8 Å². The average molecular weight is 202 g/mol. The molecule has 0 rings (SSSR count). The van der Waals surface area contributed by atoms with Crippen molar-refractivity contribution in [1.82, 2.24) is 0 Å². The van der Waals surface area contributed by atoms with Crippen molar-refractivity contribution in [2.45, 2.75) is 76.2 Å². The quantitative estimate of drug-likeness (QED) is 0.468. The van der Waals surface area contributed by atoms with E-state index in [9.17, 15) is 0 Å². The molecule has 0 aliphatic heterocycles. The van der Waals surface area contributed by atoms with Crippen LogP contribution in [0.15, 0.2) is 0 Å². The summed E-state index contributed by atoms with van der Waals surface area (Å²) in [5.41, 5.74) is 0.885. The van der Waals surface area contributed by atoms with Gasteiger partial charge in [-0.3, -0.25) is 0 Å². The maximum absolute atomic E-state index is 2.33. The van der Waals surface area contributed by atoms with Gasteiger partial charge in [-0.1, -0.05) is 76.2 Å². The van der Waals surface area contributed by atoms with Crippen LogP contribution < -0.4 is 0 Å². The molecule has 0 bridgehead atoms. The predicted octanol–water partition coefficient (Wildman–Crippen LogP) is 5.77. The van der Waals surface area contributed by atoms with Crippen molar-refractivity contribution >= 4 is 0 Å². The molecule has 0 N–H and O–H groups in total. The van der Waals surface area contributed by atoms with Crippen LogP contribution in [0, 0.1) is 16.7 Å². The lowest BCUT2D eigenvalue weighted by Crippen LogP contribution is -2.29. The van der Waals surface area contributed by atoms with Crippen LogP contribution in [0.2, 0.25) is 0 Å². The summed E-state index contributed by atoms with van der Waals surface area (Å²) in [6.45, 7) is 24.2. The van der Waals surface area contributed by atoms with Gasteiger partial charge >= 0.3 is 0 Å². The summed E-state index contributed by atoms with van der Waals surface area (Å²) in [6.07, 6.45) is 0. The first-order chi connectivity index (χ1) is 6.15. The van der Waals surface area contributed by atoms with Gasteiger partial charge in [-0.2, -0.15) is 0 Å². The summed E-state index contributed by atoms with van der Waals surface area (Å²) in [7, 11) is 0. The first-order valence-electron chi connectivity index (χ1n) is 6.15. The fraction of sp³-hybridized carbons (Fsp3) is 1.00. The van der Waals surface area contributed by atoms with Crippen LogP contribution in [0.5, 0.6) is 0 Å². The van der Waals surface area contributed by atoms with E-state index < -0.39 is 0 Å². The van der Waals surface area contributed by atoms with Gasteiger partial charge in [-0.05, 0) is 16.7 Å². The van der Waals surface area contributed by atoms with E-state index in [2.05, 4.69) is 48.5 Å². The monoisotopic (exact) mass is 202 g/mol. The van der Waals surface area contributed by atoms with Gasteiger partial charge in [0.05, 0.1) is 0 Å². The normalized spacial score (nSPS) is 11.1. The summed E-state index contributed by atoms with van der Waals surface area (Å²) < 4.78 is 0. The molecule has 0 radical (unpaired) electrons. The molecule has 0 aliphatic rings. The van der Waals surface area contributed by atoms with Gasteiger partial charge in [-0.15, -0.1) is 0 Å². The molecule has 0 aromatic carbocycles. The Morgan fingerprint density at radius 2 is 0.714 bits per heavy atom. The van der Waals surface area contributed by atoms with Crippen LogP contribution in [-0.2, 0) is 0 Å². The minimum absolute atomic E-state index is 0.443. The molecule has 0 saturated carbocycles. The van der Waals surface area contributed by atoms with Gasteiger partial charge in [0.2, 0.25) is 0 Å². The van der Waals surface area contributed by atoms with Gasteiger partial charge in [0.1, 0.15) is 0 Å². The second kappa shape index (κ2) is 8.32. The topological polar surface area (TPSA) is 0 Å².